The molecule has 1 N–H and O–H groups in total. The van der Waals surface area contributed by atoms with Gasteiger partial charge in [0.2, 0.25) is 0 Å². The Hall–Kier alpha value is -4.06. The van der Waals surface area contributed by atoms with Crippen LogP contribution in [0.1, 0.15) is 60.5 Å². The van der Waals surface area contributed by atoms with Crippen molar-refractivity contribution < 1.29 is 24.2 Å². The fourth-order valence-electron chi connectivity index (χ4n) is 4.85. The van der Waals surface area contributed by atoms with Crippen molar-refractivity contribution in [2.24, 2.45) is 0 Å². The SMILES string of the molecule is CCOc1ccc(/C(O)=C2\C(=O)C(=O)N(c3cccc(C)c3C)C2c2ccccc2OC)cc1C(C)C. The van der Waals surface area contributed by atoms with Gasteiger partial charge in [0.05, 0.1) is 25.3 Å². The predicted octanol–water partition coefficient (Wildman–Crippen LogP) is 6.46. The Morgan fingerprint density at radius 2 is 1.73 bits per heavy atom. The van der Waals surface area contributed by atoms with Gasteiger partial charge in [0.1, 0.15) is 17.3 Å². The molecular weight excluding hydrogens is 466 g/mol. The molecule has 1 amide bonds. The number of ketones is 1. The lowest BCUT2D eigenvalue weighted by atomic mass is 9.92. The first-order valence-corrected chi connectivity index (χ1v) is 12.5. The van der Waals surface area contributed by atoms with Crippen LogP contribution in [0.2, 0.25) is 0 Å². The molecule has 0 radical (unpaired) electrons. The maximum atomic E-state index is 13.6. The summed E-state index contributed by atoms with van der Waals surface area (Å²) in [5, 5.41) is 11.6. The summed E-state index contributed by atoms with van der Waals surface area (Å²) in [5.74, 6) is -0.296. The van der Waals surface area contributed by atoms with Crippen LogP contribution in [0.5, 0.6) is 11.5 Å². The topological polar surface area (TPSA) is 76.1 Å². The molecule has 0 aliphatic carbocycles. The number of carbonyl (C=O) groups excluding carboxylic acids is 2. The van der Waals surface area contributed by atoms with E-state index in [1.54, 1.807) is 25.3 Å². The molecule has 0 spiro atoms. The number of carbonyl (C=O) groups is 2. The van der Waals surface area contributed by atoms with Crippen LogP contribution < -0.4 is 14.4 Å². The molecule has 1 unspecified atom stereocenters. The molecule has 0 bridgehead atoms. The second-order valence-electron chi connectivity index (χ2n) is 9.47. The van der Waals surface area contributed by atoms with Gasteiger partial charge in [0, 0.05) is 16.8 Å². The van der Waals surface area contributed by atoms with Gasteiger partial charge in [-0.25, -0.2) is 0 Å². The van der Waals surface area contributed by atoms with E-state index in [0.717, 1.165) is 22.4 Å². The third-order valence-electron chi connectivity index (χ3n) is 6.92. The number of benzene rings is 3. The summed E-state index contributed by atoms with van der Waals surface area (Å²) in [7, 11) is 1.55. The summed E-state index contributed by atoms with van der Waals surface area (Å²) < 4.78 is 11.4. The summed E-state index contributed by atoms with van der Waals surface area (Å²) in [6.07, 6.45) is 0. The van der Waals surface area contributed by atoms with Crippen molar-refractivity contribution in [2.75, 3.05) is 18.6 Å². The number of para-hydroxylation sites is 1. The van der Waals surface area contributed by atoms with E-state index in [0.29, 0.717) is 29.2 Å². The lowest BCUT2D eigenvalue weighted by molar-refractivity contribution is -0.132. The summed E-state index contributed by atoms with van der Waals surface area (Å²) in [6.45, 7) is 10.4. The number of ether oxygens (including phenoxy) is 2. The lowest BCUT2D eigenvalue weighted by Crippen LogP contribution is -2.30. The van der Waals surface area contributed by atoms with Crippen molar-refractivity contribution in [3.63, 3.8) is 0 Å². The third-order valence-corrected chi connectivity index (χ3v) is 6.92. The number of amides is 1. The Labute approximate surface area is 218 Å². The van der Waals surface area contributed by atoms with E-state index in [4.69, 9.17) is 9.47 Å². The molecule has 6 nitrogen and oxygen atoms in total. The minimum Gasteiger partial charge on any atom is -0.507 e. The summed E-state index contributed by atoms with van der Waals surface area (Å²) in [6, 6.07) is 17.4. The van der Waals surface area contributed by atoms with Crippen molar-refractivity contribution in [1.82, 2.24) is 0 Å². The molecule has 4 rings (SSSR count). The number of hydrogen-bond acceptors (Lipinski definition) is 5. The zero-order valence-corrected chi connectivity index (χ0v) is 22.2. The molecule has 1 saturated heterocycles. The van der Waals surface area contributed by atoms with Gasteiger partial charge in [0.25, 0.3) is 11.7 Å². The molecule has 0 saturated carbocycles. The Kier molecular flexibility index (Phi) is 7.39. The molecule has 37 heavy (non-hydrogen) atoms. The van der Waals surface area contributed by atoms with Crippen LogP contribution in [-0.2, 0) is 9.59 Å². The summed E-state index contributed by atoms with van der Waals surface area (Å²) in [4.78, 5) is 28.7. The molecule has 192 valence electrons. The highest BCUT2D eigenvalue weighted by Crippen LogP contribution is 2.46. The van der Waals surface area contributed by atoms with Gasteiger partial charge in [-0.05, 0) is 73.7 Å². The van der Waals surface area contributed by atoms with Crippen molar-refractivity contribution >= 4 is 23.1 Å². The fraction of sp³-hybridized carbons (Fsp3) is 0.290. The maximum absolute atomic E-state index is 13.6. The molecule has 1 atom stereocenters. The first-order chi connectivity index (χ1) is 17.7. The number of aryl methyl sites for hydroxylation is 1. The molecular formula is C31H33NO5. The van der Waals surface area contributed by atoms with E-state index in [2.05, 4.69) is 0 Å². The van der Waals surface area contributed by atoms with Crippen LogP contribution in [0.3, 0.4) is 0 Å². The molecule has 3 aromatic rings. The average molecular weight is 500 g/mol. The van der Waals surface area contributed by atoms with Gasteiger partial charge in [-0.15, -0.1) is 0 Å². The summed E-state index contributed by atoms with van der Waals surface area (Å²) in [5.41, 5.74) is 4.48. The molecule has 1 aliphatic heterocycles. The molecule has 1 heterocycles. The number of Topliss-reactive ketones (excluding diaryl/α,β-unsaturated/α-hetero) is 1. The van der Waals surface area contributed by atoms with Gasteiger partial charge in [0.15, 0.2) is 0 Å². The van der Waals surface area contributed by atoms with E-state index in [1.807, 2.05) is 77.1 Å². The van der Waals surface area contributed by atoms with Crippen LogP contribution in [0.25, 0.3) is 5.76 Å². The van der Waals surface area contributed by atoms with E-state index in [1.165, 1.54) is 4.90 Å². The van der Waals surface area contributed by atoms with Crippen molar-refractivity contribution in [2.45, 2.75) is 46.6 Å². The van der Waals surface area contributed by atoms with E-state index < -0.39 is 17.7 Å². The smallest absolute Gasteiger partial charge is 0.300 e. The Morgan fingerprint density at radius 1 is 1.00 bits per heavy atom. The first kappa shape index (κ1) is 26.0. The molecule has 3 aromatic carbocycles. The minimum atomic E-state index is -0.870. The minimum absolute atomic E-state index is 0.0225. The standard InChI is InChI=1S/C31H33NO5/c1-7-37-26-16-15-21(17-23(26)18(2)3)29(33)27-28(22-12-8-9-14-25(22)36-6)32(31(35)30(27)34)24-13-10-11-19(4)20(24)5/h8-18,28,33H,7H2,1-6H3/b29-27+. The number of anilines is 1. The van der Waals surface area contributed by atoms with E-state index >= 15 is 0 Å². The van der Waals surface area contributed by atoms with Crippen LogP contribution in [0.4, 0.5) is 5.69 Å². The van der Waals surface area contributed by atoms with Crippen LogP contribution in [-0.4, -0.2) is 30.5 Å². The van der Waals surface area contributed by atoms with Gasteiger partial charge >= 0.3 is 0 Å². The Morgan fingerprint density at radius 3 is 2.41 bits per heavy atom. The first-order valence-electron chi connectivity index (χ1n) is 12.5. The second kappa shape index (κ2) is 10.5. The zero-order valence-electron chi connectivity index (χ0n) is 22.2. The number of nitrogens with zero attached hydrogens (tertiary/aromatic N) is 1. The highest BCUT2D eigenvalue weighted by molar-refractivity contribution is 6.51. The summed E-state index contributed by atoms with van der Waals surface area (Å²) >= 11 is 0. The molecule has 6 heteroatoms. The monoisotopic (exact) mass is 499 g/mol. The zero-order chi connectivity index (χ0) is 26.9. The van der Waals surface area contributed by atoms with Crippen LogP contribution in [0, 0.1) is 13.8 Å². The second-order valence-corrected chi connectivity index (χ2v) is 9.47. The van der Waals surface area contributed by atoms with Gasteiger partial charge in [-0.3, -0.25) is 14.5 Å². The highest BCUT2D eigenvalue weighted by Gasteiger charge is 2.48. The van der Waals surface area contributed by atoms with Gasteiger partial charge < -0.3 is 14.6 Å². The highest BCUT2D eigenvalue weighted by atomic mass is 16.5. The predicted molar refractivity (Wildman–Crippen MR) is 145 cm³/mol. The van der Waals surface area contributed by atoms with Crippen molar-refractivity contribution in [1.29, 1.82) is 0 Å². The largest absolute Gasteiger partial charge is 0.507 e. The number of hydrogen-bond donors (Lipinski definition) is 1. The van der Waals surface area contributed by atoms with Crippen molar-refractivity contribution in [3.05, 3.63) is 94.1 Å². The Bertz CT molecular complexity index is 1390. The van der Waals surface area contributed by atoms with E-state index in [9.17, 15) is 14.7 Å². The molecule has 1 fully saturated rings. The normalized spacial score (nSPS) is 16.9. The van der Waals surface area contributed by atoms with Gasteiger partial charge in [-0.1, -0.05) is 44.2 Å². The lowest BCUT2D eigenvalue weighted by Gasteiger charge is -2.28. The number of aliphatic hydroxyl groups is 1. The average Bonchev–Trinajstić information content (AvgIpc) is 3.15. The quantitative estimate of drug-likeness (QED) is 0.229. The van der Waals surface area contributed by atoms with Crippen molar-refractivity contribution in [3.8, 4) is 11.5 Å². The van der Waals surface area contributed by atoms with Gasteiger partial charge in [-0.2, -0.15) is 0 Å². The molecule has 1 aliphatic rings. The van der Waals surface area contributed by atoms with E-state index in [-0.39, 0.29) is 17.3 Å². The number of aliphatic hydroxyl groups excluding tert-OH is 1. The number of methoxy groups -OCH3 is 1. The number of rotatable bonds is 7. The third kappa shape index (κ3) is 4.59. The van der Waals surface area contributed by atoms with Crippen LogP contribution in [0.15, 0.2) is 66.2 Å². The fourth-order valence-corrected chi connectivity index (χ4v) is 4.85. The van der Waals surface area contributed by atoms with Crippen LogP contribution >= 0.6 is 0 Å². The Balaban J connectivity index is 2.00. The molecule has 0 aromatic heterocycles. The maximum Gasteiger partial charge on any atom is 0.300 e.